The Hall–Kier alpha value is -8.34. The van der Waals surface area contributed by atoms with Crippen molar-refractivity contribution in [2.24, 2.45) is 0 Å². The zero-order valence-electron chi connectivity index (χ0n) is 36.1. The van der Waals surface area contributed by atoms with Crippen molar-refractivity contribution in [3.05, 3.63) is 230 Å². The Labute approximate surface area is 377 Å². The first-order valence-electron chi connectivity index (χ1n) is 22.4. The number of aromatic nitrogens is 3. The molecule has 0 fully saturated rings. The Morgan fingerprint density at radius 3 is 1.86 bits per heavy atom. The van der Waals surface area contributed by atoms with E-state index in [0.717, 1.165) is 38.9 Å². The number of hydrogen-bond donors (Lipinski definition) is 0. The van der Waals surface area contributed by atoms with Crippen molar-refractivity contribution >= 4 is 71.3 Å². The van der Waals surface area contributed by atoms with Gasteiger partial charge in [0.05, 0.1) is 33.6 Å². The minimum atomic E-state index is -0.246. The van der Waals surface area contributed by atoms with E-state index in [-0.39, 0.29) is 5.41 Å². The van der Waals surface area contributed by atoms with Gasteiger partial charge < -0.3 is 4.90 Å². The van der Waals surface area contributed by atoms with Crippen LogP contribution in [0.2, 0.25) is 0 Å². The van der Waals surface area contributed by atoms with Crippen molar-refractivity contribution < 1.29 is 0 Å². The van der Waals surface area contributed by atoms with Gasteiger partial charge in [0.25, 0.3) is 0 Å². The first-order valence-corrected chi connectivity index (χ1v) is 22.4. The molecule has 0 saturated carbocycles. The van der Waals surface area contributed by atoms with Crippen LogP contribution in [0.15, 0.2) is 218 Å². The van der Waals surface area contributed by atoms with E-state index in [0.29, 0.717) is 5.95 Å². The predicted molar refractivity (Wildman–Crippen MR) is 272 cm³/mol. The zero-order chi connectivity index (χ0) is 43.2. The summed E-state index contributed by atoms with van der Waals surface area (Å²) < 4.78 is 2.29. The van der Waals surface area contributed by atoms with Crippen molar-refractivity contribution in [3.63, 3.8) is 0 Å². The molecule has 0 spiro atoms. The molecule has 1 aliphatic rings. The maximum atomic E-state index is 5.53. The lowest BCUT2D eigenvalue weighted by Crippen LogP contribution is -2.30. The number of hydrogen-bond acceptors (Lipinski definition) is 3. The van der Waals surface area contributed by atoms with Gasteiger partial charge in [0.1, 0.15) is 0 Å². The number of benzene rings is 10. The standard InChI is InChI=1S/C61H42N4/c1-61(2)50-26-11-13-28-53(50)64(44-19-4-3-5-20-44)54-36-35-43(38-51(54)61)48-25-15-29-55-58(48)57-47-22-9-7-17-40(47)34-37-56(57)65(55)60-62-52-27-12-10-23-49(52)59(63-60)42-32-30-41(31-33-42)46-24-14-18-39-16-6-8-21-45(39)46/h3-38H,1-2H3. The van der Waals surface area contributed by atoms with Gasteiger partial charge in [-0.2, -0.15) is 0 Å². The van der Waals surface area contributed by atoms with Gasteiger partial charge in [-0.25, -0.2) is 9.97 Å². The molecular weight excluding hydrogens is 789 g/mol. The largest absolute Gasteiger partial charge is 0.310 e. The van der Waals surface area contributed by atoms with Gasteiger partial charge in [0, 0.05) is 32.8 Å². The van der Waals surface area contributed by atoms with E-state index >= 15 is 0 Å². The van der Waals surface area contributed by atoms with Crippen LogP contribution < -0.4 is 4.90 Å². The molecule has 3 heterocycles. The van der Waals surface area contributed by atoms with E-state index in [2.05, 4.69) is 242 Å². The molecule has 0 unspecified atom stereocenters. The van der Waals surface area contributed by atoms with E-state index < -0.39 is 0 Å². The summed E-state index contributed by atoms with van der Waals surface area (Å²) in [7, 11) is 0. The molecule has 0 N–H and O–H groups in total. The molecule has 4 heteroatoms. The molecule has 0 saturated heterocycles. The van der Waals surface area contributed by atoms with Crippen molar-refractivity contribution in [1.29, 1.82) is 0 Å². The van der Waals surface area contributed by atoms with Gasteiger partial charge in [0.2, 0.25) is 5.95 Å². The molecule has 2 aromatic heterocycles. The Bertz CT molecular complexity index is 3860. The lowest BCUT2D eigenvalue weighted by atomic mass is 9.73. The molecular formula is C61H42N4. The third kappa shape index (κ3) is 5.70. The molecule has 0 radical (unpaired) electrons. The van der Waals surface area contributed by atoms with E-state index in [4.69, 9.17) is 9.97 Å². The summed E-state index contributed by atoms with van der Waals surface area (Å²) in [6.45, 7) is 4.73. The van der Waals surface area contributed by atoms with Crippen LogP contribution in [0.3, 0.4) is 0 Å². The maximum absolute atomic E-state index is 5.53. The number of fused-ring (bicyclic) bond motifs is 9. The van der Waals surface area contributed by atoms with Gasteiger partial charge in [-0.15, -0.1) is 0 Å². The fourth-order valence-corrected chi connectivity index (χ4v) is 10.7. The second-order valence-corrected chi connectivity index (χ2v) is 17.8. The molecule has 12 aromatic rings. The highest BCUT2D eigenvalue weighted by Crippen LogP contribution is 2.53. The van der Waals surface area contributed by atoms with E-state index in [1.807, 2.05) is 0 Å². The van der Waals surface area contributed by atoms with E-state index in [1.165, 1.54) is 77.1 Å². The fourth-order valence-electron chi connectivity index (χ4n) is 10.7. The minimum Gasteiger partial charge on any atom is -0.310 e. The van der Waals surface area contributed by atoms with Crippen molar-refractivity contribution in [1.82, 2.24) is 14.5 Å². The van der Waals surface area contributed by atoms with Crippen LogP contribution >= 0.6 is 0 Å². The molecule has 4 nitrogen and oxygen atoms in total. The van der Waals surface area contributed by atoms with Crippen molar-refractivity contribution in [2.75, 3.05) is 4.90 Å². The van der Waals surface area contributed by atoms with Crippen LogP contribution in [0.25, 0.3) is 93.7 Å². The average Bonchev–Trinajstić information content (AvgIpc) is 3.72. The third-order valence-corrected chi connectivity index (χ3v) is 13.8. The average molecular weight is 831 g/mol. The maximum Gasteiger partial charge on any atom is 0.235 e. The molecule has 306 valence electrons. The third-order valence-electron chi connectivity index (χ3n) is 13.8. The smallest absolute Gasteiger partial charge is 0.235 e. The summed E-state index contributed by atoms with van der Waals surface area (Å²) in [4.78, 5) is 13.3. The van der Waals surface area contributed by atoms with Crippen molar-refractivity contribution in [2.45, 2.75) is 19.3 Å². The first-order chi connectivity index (χ1) is 32.0. The monoisotopic (exact) mass is 830 g/mol. The molecule has 0 amide bonds. The Kier molecular flexibility index (Phi) is 8.22. The second kappa shape index (κ2) is 14.3. The van der Waals surface area contributed by atoms with Crippen LogP contribution in [-0.2, 0) is 5.41 Å². The van der Waals surface area contributed by atoms with Gasteiger partial charge in [-0.05, 0) is 103 Å². The summed E-state index contributed by atoms with van der Waals surface area (Å²) in [5.41, 5.74) is 15.6. The summed E-state index contributed by atoms with van der Waals surface area (Å²) in [5.74, 6) is 0.644. The number of nitrogens with zero attached hydrogens (tertiary/aromatic N) is 4. The normalized spacial score (nSPS) is 13.2. The molecule has 65 heavy (non-hydrogen) atoms. The Morgan fingerprint density at radius 1 is 0.400 bits per heavy atom. The Balaban J connectivity index is 1.03. The van der Waals surface area contributed by atoms with Crippen LogP contribution in [-0.4, -0.2) is 14.5 Å². The van der Waals surface area contributed by atoms with Crippen LogP contribution in [0.4, 0.5) is 17.1 Å². The predicted octanol–water partition coefficient (Wildman–Crippen LogP) is 16.1. The molecule has 13 rings (SSSR count). The molecule has 0 bridgehead atoms. The van der Waals surface area contributed by atoms with Crippen LogP contribution in [0.5, 0.6) is 0 Å². The highest BCUT2D eigenvalue weighted by Gasteiger charge is 2.37. The highest BCUT2D eigenvalue weighted by atomic mass is 15.2. The SMILES string of the molecule is CC1(C)c2ccccc2N(c2ccccc2)c2ccc(-c3cccc4c3c3c5ccccc5ccc3n4-c3nc(-c4ccc(-c5cccc6ccccc56)cc4)c4ccccc4n3)cc21. The van der Waals surface area contributed by atoms with Gasteiger partial charge >= 0.3 is 0 Å². The van der Waals surface area contributed by atoms with Crippen LogP contribution in [0, 0.1) is 0 Å². The summed E-state index contributed by atoms with van der Waals surface area (Å²) in [6, 6.07) is 79.0. The summed E-state index contributed by atoms with van der Waals surface area (Å²) >= 11 is 0. The van der Waals surface area contributed by atoms with Gasteiger partial charge in [-0.3, -0.25) is 4.57 Å². The highest BCUT2D eigenvalue weighted by molar-refractivity contribution is 6.25. The van der Waals surface area contributed by atoms with Gasteiger partial charge in [-0.1, -0.05) is 184 Å². The summed E-state index contributed by atoms with van der Waals surface area (Å²) in [5, 5.41) is 8.28. The van der Waals surface area contributed by atoms with E-state index in [9.17, 15) is 0 Å². The van der Waals surface area contributed by atoms with Crippen LogP contribution in [0.1, 0.15) is 25.0 Å². The fraction of sp³-hybridized carbons (Fsp3) is 0.0492. The Morgan fingerprint density at radius 2 is 1.02 bits per heavy atom. The summed E-state index contributed by atoms with van der Waals surface area (Å²) in [6.07, 6.45) is 0. The zero-order valence-corrected chi connectivity index (χ0v) is 36.1. The molecule has 0 atom stereocenters. The lowest BCUT2D eigenvalue weighted by Gasteiger charge is -2.42. The molecule has 0 aliphatic carbocycles. The number of rotatable bonds is 5. The number of para-hydroxylation sites is 3. The molecule has 10 aromatic carbocycles. The van der Waals surface area contributed by atoms with Gasteiger partial charge in [0.15, 0.2) is 0 Å². The quantitative estimate of drug-likeness (QED) is 0.173. The van der Waals surface area contributed by atoms with E-state index in [1.54, 1.807) is 0 Å². The first kappa shape index (κ1) is 37.2. The lowest BCUT2D eigenvalue weighted by molar-refractivity contribution is 0.632. The minimum absolute atomic E-state index is 0.246. The van der Waals surface area contributed by atoms with Crippen molar-refractivity contribution in [3.8, 4) is 39.5 Å². The topological polar surface area (TPSA) is 34.0 Å². The molecule has 1 aliphatic heterocycles. The second-order valence-electron chi connectivity index (χ2n) is 17.8. The number of anilines is 3.